The Kier molecular flexibility index (Phi) is 1.04. The van der Waals surface area contributed by atoms with E-state index in [1.54, 1.807) is 6.21 Å². The van der Waals surface area contributed by atoms with E-state index in [1.165, 1.54) is 0 Å². The number of hydrogen-bond acceptors (Lipinski definition) is 2. The minimum Gasteiger partial charge on any atom is -0.386 e. The van der Waals surface area contributed by atoms with E-state index in [0.717, 1.165) is 6.42 Å². The summed E-state index contributed by atoms with van der Waals surface area (Å²) in [6.07, 6.45) is 2.67. The smallest absolute Gasteiger partial charge is 0.152 e. The standard InChI is InChI=1S/C4H8NOP/c1-4(7)2-3-5-6-4/h3H,2,7H2,1H3. The second-order valence-electron chi connectivity index (χ2n) is 1.90. The van der Waals surface area contributed by atoms with Crippen LogP contribution in [0.1, 0.15) is 13.3 Å². The summed E-state index contributed by atoms with van der Waals surface area (Å²) in [5.74, 6) is 0. The zero-order valence-corrected chi connectivity index (χ0v) is 5.37. The Morgan fingerprint density at radius 2 is 2.71 bits per heavy atom. The lowest BCUT2D eigenvalue weighted by Crippen LogP contribution is -2.11. The second kappa shape index (κ2) is 1.45. The highest BCUT2D eigenvalue weighted by Gasteiger charge is 2.21. The van der Waals surface area contributed by atoms with Gasteiger partial charge in [-0.05, 0) is 6.92 Å². The molecule has 0 fully saturated rings. The molecular formula is C4H8NOP. The molecule has 0 aromatic heterocycles. The fourth-order valence-corrected chi connectivity index (χ4v) is 0.580. The van der Waals surface area contributed by atoms with Crippen molar-refractivity contribution in [2.24, 2.45) is 5.16 Å². The van der Waals surface area contributed by atoms with Crippen LogP contribution in [-0.2, 0) is 4.84 Å². The van der Waals surface area contributed by atoms with Gasteiger partial charge in [-0.3, -0.25) is 0 Å². The van der Waals surface area contributed by atoms with Crippen molar-refractivity contribution in [1.29, 1.82) is 0 Å². The summed E-state index contributed by atoms with van der Waals surface area (Å²) in [4.78, 5) is 4.87. The van der Waals surface area contributed by atoms with Gasteiger partial charge in [-0.2, -0.15) is 0 Å². The molecule has 7 heavy (non-hydrogen) atoms. The molecule has 0 spiro atoms. The third-order valence-electron chi connectivity index (χ3n) is 0.832. The minimum atomic E-state index is -0.111. The average Bonchev–Trinajstić information content (AvgIpc) is 1.84. The Morgan fingerprint density at radius 1 is 2.00 bits per heavy atom. The van der Waals surface area contributed by atoms with E-state index in [0.29, 0.717) is 0 Å². The number of oxime groups is 1. The van der Waals surface area contributed by atoms with Gasteiger partial charge in [-0.15, -0.1) is 0 Å². The molecule has 0 saturated carbocycles. The average molecular weight is 117 g/mol. The highest BCUT2D eigenvalue weighted by Crippen LogP contribution is 2.26. The summed E-state index contributed by atoms with van der Waals surface area (Å²) in [5, 5.41) is 3.48. The molecule has 0 aliphatic carbocycles. The van der Waals surface area contributed by atoms with Crippen molar-refractivity contribution < 1.29 is 4.84 Å². The Hall–Kier alpha value is -0.100. The summed E-state index contributed by atoms with van der Waals surface area (Å²) in [6.45, 7) is 1.98. The quantitative estimate of drug-likeness (QED) is 0.433. The zero-order valence-electron chi connectivity index (χ0n) is 4.22. The van der Waals surface area contributed by atoms with Crippen molar-refractivity contribution >= 4 is 15.5 Å². The van der Waals surface area contributed by atoms with Gasteiger partial charge in [0.15, 0.2) is 5.34 Å². The minimum absolute atomic E-state index is 0.111. The monoisotopic (exact) mass is 117 g/mol. The molecule has 3 heteroatoms. The first kappa shape index (κ1) is 5.04. The predicted molar refractivity (Wildman–Crippen MR) is 32.3 cm³/mol. The van der Waals surface area contributed by atoms with Gasteiger partial charge in [0.2, 0.25) is 0 Å². The van der Waals surface area contributed by atoms with Crippen molar-refractivity contribution in [3.8, 4) is 0 Å². The van der Waals surface area contributed by atoms with E-state index in [4.69, 9.17) is 4.84 Å². The van der Waals surface area contributed by atoms with Crippen LogP contribution in [0, 0.1) is 0 Å². The van der Waals surface area contributed by atoms with E-state index in [2.05, 4.69) is 14.4 Å². The van der Waals surface area contributed by atoms with Gasteiger partial charge in [0.25, 0.3) is 0 Å². The molecule has 0 radical (unpaired) electrons. The molecule has 0 bridgehead atoms. The van der Waals surface area contributed by atoms with E-state index in [1.807, 2.05) is 6.92 Å². The molecule has 0 aromatic carbocycles. The van der Waals surface area contributed by atoms with Crippen molar-refractivity contribution in [2.75, 3.05) is 0 Å². The van der Waals surface area contributed by atoms with Crippen LogP contribution >= 0.6 is 9.24 Å². The van der Waals surface area contributed by atoms with Crippen LogP contribution in [0.15, 0.2) is 5.16 Å². The molecule has 40 valence electrons. The molecule has 1 rings (SSSR count). The molecule has 0 aromatic rings. The van der Waals surface area contributed by atoms with E-state index in [-0.39, 0.29) is 5.34 Å². The molecule has 0 amide bonds. The highest BCUT2D eigenvalue weighted by atomic mass is 31.0. The molecule has 0 N–H and O–H groups in total. The maximum Gasteiger partial charge on any atom is 0.152 e. The van der Waals surface area contributed by atoms with Gasteiger partial charge < -0.3 is 4.84 Å². The summed E-state index contributed by atoms with van der Waals surface area (Å²) in [5.41, 5.74) is 0. The maximum absolute atomic E-state index is 4.87. The zero-order chi connectivity index (χ0) is 5.33. The van der Waals surface area contributed by atoms with Gasteiger partial charge in [-0.1, -0.05) is 14.4 Å². The largest absolute Gasteiger partial charge is 0.386 e. The first-order valence-corrected chi connectivity index (χ1v) is 2.77. The number of hydrogen-bond donors (Lipinski definition) is 0. The molecule has 1 aliphatic heterocycles. The molecule has 1 heterocycles. The molecule has 2 unspecified atom stereocenters. The lowest BCUT2D eigenvalue weighted by atomic mass is 10.3. The SMILES string of the molecule is CC1(P)CC=NO1. The lowest BCUT2D eigenvalue weighted by molar-refractivity contribution is 0.0705. The first-order valence-electron chi connectivity index (χ1n) is 2.20. The van der Waals surface area contributed by atoms with Crippen molar-refractivity contribution in [1.82, 2.24) is 0 Å². The topological polar surface area (TPSA) is 21.6 Å². The molecular weight excluding hydrogens is 109 g/mol. The fourth-order valence-electron chi connectivity index (χ4n) is 0.413. The molecule has 2 nitrogen and oxygen atoms in total. The second-order valence-corrected chi connectivity index (χ2v) is 3.12. The van der Waals surface area contributed by atoms with Crippen LogP contribution in [0.5, 0.6) is 0 Å². The van der Waals surface area contributed by atoms with Crippen molar-refractivity contribution in [2.45, 2.75) is 18.7 Å². The van der Waals surface area contributed by atoms with Gasteiger partial charge in [0.05, 0.1) is 0 Å². The third kappa shape index (κ3) is 1.13. The lowest BCUT2D eigenvalue weighted by Gasteiger charge is -2.12. The molecule has 2 atom stereocenters. The Morgan fingerprint density at radius 3 is 2.86 bits per heavy atom. The highest BCUT2D eigenvalue weighted by molar-refractivity contribution is 7.18. The number of rotatable bonds is 0. The van der Waals surface area contributed by atoms with Crippen LogP contribution in [0.25, 0.3) is 0 Å². The normalized spacial score (nSPS) is 38.6. The van der Waals surface area contributed by atoms with E-state index in [9.17, 15) is 0 Å². The van der Waals surface area contributed by atoms with E-state index < -0.39 is 0 Å². The maximum atomic E-state index is 4.87. The van der Waals surface area contributed by atoms with E-state index >= 15 is 0 Å². The third-order valence-corrected chi connectivity index (χ3v) is 1.17. The molecule has 0 saturated heterocycles. The van der Waals surface area contributed by atoms with Gasteiger partial charge in [0, 0.05) is 12.6 Å². The Bertz CT molecular complexity index is 89.9. The summed E-state index contributed by atoms with van der Waals surface area (Å²) >= 11 is 0. The Balaban J connectivity index is 2.49. The van der Waals surface area contributed by atoms with Crippen molar-refractivity contribution in [3.63, 3.8) is 0 Å². The Labute approximate surface area is 45.1 Å². The van der Waals surface area contributed by atoms with Gasteiger partial charge in [-0.25, -0.2) is 0 Å². The summed E-state index contributed by atoms with van der Waals surface area (Å²) < 4.78 is 0. The van der Waals surface area contributed by atoms with Crippen LogP contribution in [0.4, 0.5) is 0 Å². The molecule has 1 aliphatic rings. The van der Waals surface area contributed by atoms with Gasteiger partial charge in [0.1, 0.15) is 0 Å². The van der Waals surface area contributed by atoms with Crippen LogP contribution in [0.3, 0.4) is 0 Å². The van der Waals surface area contributed by atoms with Crippen molar-refractivity contribution in [3.05, 3.63) is 0 Å². The summed E-state index contributed by atoms with van der Waals surface area (Å²) in [7, 11) is 2.58. The number of nitrogens with zero attached hydrogens (tertiary/aromatic N) is 1. The first-order chi connectivity index (χ1) is 3.21. The van der Waals surface area contributed by atoms with Gasteiger partial charge >= 0.3 is 0 Å². The predicted octanol–water partition coefficient (Wildman–Crippen LogP) is 0.984. The fraction of sp³-hybridized carbons (Fsp3) is 0.750. The van der Waals surface area contributed by atoms with Crippen LogP contribution < -0.4 is 0 Å². The summed E-state index contributed by atoms with van der Waals surface area (Å²) in [6, 6.07) is 0. The van der Waals surface area contributed by atoms with Crippen LogP contribution in [-0.4, -0.2) is 11.6 Å². The van der Waals surface area contributed by atoms with Crippen LogP contribution in [0.2, 0.25) is 0 Å².